The molecule has 3 rings (SSSR count). The second-order valence-electron chi connectivity index (χ2n) is 6.45. The van der Waals surface area contributed by atoms with Gasteiger partial charge in [-0.05, 0) is 24.6 Å². The Labute approximate surface area is 143 Å². The molecule has 2 aliphatic rings. The lowest BCUT2D eigenvalue weighted by Gasteiger charge is -2.35. The maximum absolute atomic E-state index is 6.05. The Balaban J connectivity index is 1.61. The molecule has 0 saturated carbocycles. The van der Waals surface area contributed by atoms with Crippen LogP contribution in [0.2, 0.25) is 5.02 Å². The molecule has 2 fully saturated rings. The summed E-state index contributed by atoms with van der Waals surface area (Å²) in [5.74, 6) is 0.630. The van der Waals surface area contributed by atoms with E-state index in [1.54, 1.807) is 0 Å². The summed E-state index contributed by atoms with van der Waals surface area (Å²) >= 11 is 6.05. The van der Waals surface area contributed by atoms with E-state index in [9.17, 15) is 0 Å². The van der Waals surface area contributed by atoms with E-state index in [0.29, 0.717) is 18.0 Å². The first-order valence-corrected chi connectivity index (χ1v) is 8.88. The minimum Gasteiger partial charge on any atom is -0.379 e. The number of halogens is 1. The van der Waals surface area contributed by atoms with Crippen molar-refractivity contribution in [3.63, 3.8) is 0 Å². The molecule has 2 heterocycles. The lowest BCUT2D eigenvalue weighted by Crippen LogP contribution is -2.44. The molecule has 5 nitrogen and oxygen atoms in total. The van der Waals surface area contributed by atoms with Crippen LogP contribution < -0.4 is 16.2 Å². The Hall–Kier alpha value is -0.690. The first kappa shape index (κ1) is 17.1. The van der Waals surface area contributed by atoms with Crippen LogP contribution in [0, 0.1) is 5.92 Å². The number of hydrazine groups is 1. The van der Waals surface area contributed by atoms with Gasteiger partial charge in [0.05, 0.1) is 13.2 Å². The lowest BCUT2D eigenvalue weighted by atomic mass is 10.0. The summed E-state index contributed by atoms with van der Waals surface area (Å²) in [6.07, 6.45) is 0. The fraction of sp³-hybridized carbons (Fsp3) is 0.647. The van der Waals surface area contributed by atoms with Gasteiger partial charge in [0.1, 0.15) is 0 Å². The van der Waals surface area contributed by atoms with Gasteiger partial charge in [0.2, 0.25) is 0 Å². The Morgan fingerprint density at radius 1 is 1.30 bits per heavy atom. The highest BCUT2D eigenvalue weighted by molar-refractivity contribution is 6.30. The molecule has 1 aromatic carbocycles. The van der Waals surface area contributed by atoms with Gasteiger partial charge in [-0.1, -0.05) is 23.7 Å². The number of nitrogens with zero attached hydrogens (tertiary/aromatic N) is 1. The third-order valence-electron chi connectivity index (χ3n) is 4.89. The zero-order valence-electron chi connectivity index (χ0n) is 13.7. The molecular formula is C17H27ClN4O. The van der Waals surface area contributed by atoms with Gasteiger partial charge in [-0.25, -0.2) is 0 Å². The van der Waals surface area contributed by atoms with Crippen molar-refractivity contribution in [3.05, 3.63) is 34.9 Å². The fourth-order valence-corrected chi connectivity index (χ4v) is 3.46. The number of hydrogen-bond acceptors (Lipinski definition) is 5. The monoisotopic (exact) mass is 338 g/mol. The summed E-state index contributed by atoms with van der Waals surface area (Å²) in [4.78, 5) is 2.51. The highest BCUT2D eigenvalue weighted by Crippen LogP contribution is 2.23. The molecule has 2 saturated heterocycles. The summed E-state index contributed by atoms with van der Waals surface area (Å²) in [5, 5.41) is 4.46. The van der Waals surface area contributed by atoms with Gasteiger partial charge in [0.15, 0.2) is 0 Å². The van der Waals surface area contributed by atoms with Crippen LogP contribution in [0.4, 0.5) is 0 Å². The maximum atomic E-state index is 6.05. The number of ether oxygens (including phenoxy) is 1. The molecule has 1 aromatic rings. The van der Waals surface area contributed by atoms with Crippen molar-refractivity contribution in [2.45, 2.75) is 19.0 Å². The normalized spacial score (nSPS) is 27.2. The van der Waals surface area contributed by atoms with Gasteiger partial charge in [-0.2, -0.15) is 0 Å². The minimum absolute atomic E-state index is 0.369. The van der Waals surface area contributed by atoms with Gasteiger partial charge < -0.3 is 10.1 Å². The quantitative estimate of drug-likeness (QED) is 0.732. The Morgan fingerprint density at radius 2 is 2.04 bits per heavy atom. The molecule has 0 amide bonds. The zero-order chi connectivity index (χ0) is 16.1. The number of hydrogen-bond donors (Lipinski definition) is 3. The van der Waals surface area contributed by atoms with E-state index in [2.05, 4.69) is 40.1 Å². The van der Waals surface area contributed by atoms with Crippen LogP contribution in [0.1, 0.15) is 18.5 Å². The molecule has 128 valence electrons. The first-order valence-electron chi connectivity index (χ1n) is 8.50. The predicted molar refractivity (Wildman–Crippen MR) is 93.5 cm³/mol. The molecule has 0 bridgehead atoms. The van der Waals surface area contributed by atoms with Gasteiger partial charge in [-0.15, -0.1) is 0 Å². The molecule has 0 radical (unpaired) electrons. The van der Waals surface area contributed by atoms with Crippen molar-refractivity contribution < 1.29 is 4.74 Å². The van der Waals surface area contributed by atoms with Crippen LogP contribution in [0.25, 0.3) is 0 Å². The molecule has 0 aliphatic carbocycles. The van der Waals surface area contributed by atoms with Crippen LogP contribution in [-0.4, -0.2) is 56.9 Å². The fourth-order valence-electron chi connectivity index (χ4n) is 3.33. The van der Waals surface area contributed by atoms with Crippen molar-refractivity contribution in [2.75, 3.05) is 45.9 Å². The highest BCUT2D eigenvalue weighted by atomic mass is 35.5. The predicted octanol–water partition coefficient (Wildman–Crippen LogP) is 1.42. The summed E-state index contributed by atoms with van der Waals surface area (Å²) in [6.45, 7) is 8.83. The standard InChI is InChI=1S/C17H27ClN4O/c1-13-15(11-20-21-13)10-19-12-17(22-6-8-23-9-7-22)14-2-4-16(18)5-3-14/h2-5,13,15,17,19-21H,6-12H2,1H3. The lowest BCUT2D eigenvalue weighted by molar-refractivity contribution is 0.0160. The van der Waals surface area contributed by atoms with E-state index in [1.807, 2.05) is 12.1 Å². The van der Waals surface area contributed by atoms with Crippen molar-refractivity contribution in [2.24, 2.45) is 5.92 Å². The first-order chi connectivity index (χ1) is 11.2. The third kappa shape index (κ3) is 4.66. The Kier molecular flexibility index (Phi) is 6.28. The molecule has 3 unspecified atom stereocenters. The van der Waals surface area contributed by atoms with Crippen LogP contribution >= 0.6 is 11.6 Å². The van der Waals surface area contributed by atoms with Crippen LogP contribution in [0.15, 0.2) is 24.3 Å². The van der Waals surface area contributed by atoms with Gasteiger partial charge in [0.25, 0.3) is 0 Å². The van der Waals surface area contributed by atoms with E-state index in [0.717, 1.165) is 51.0 Å². The highest BCUT2D eigenvalue weighted by Gasteiger charge is 2.25. The molecule has 6 heteroatoms. The summed E-state index contributed by atoms with van der Waals surface area (Å²) in [6, 6.07) is 9.14. The summed E-state index contributed by atoms with van der Waals surface area (Å²) in [5.41, 5.74) is 7.83. The topological polar surface area (TPSA) is 48.6 Å². The molecule has 0 spiro atoms. The number of nitrogens with one attached hydrogen (secondary N) is 3. The number of morpholine rings is 1. The van der Waals surface area contributed by atoms with Crippen molar-refractivity contribution in [1.29, 1.82) is 0 Å². The van der Waals surface area contributed by atoms with Gasteiger partial charge in [-0.3, -0.25) is 15.8 Å². The largest absolute Gasteiger partial charge is 0.379 e. The van der Waals surface area contributed by atoms with Crippen molar-refractivity contribution in [1.82, 2.24) is 21.1 Å². The summed E-state index contributed by atoms with van der Waals surface area (Å²) < 4.78 is 5.50. The van der Waals surface area contributed by atoms with Crippen LogP contribution in [0.5, 0.6) is 0 Å². The molecule has 23 heavy (non-hydrogen) atoms. The maximum Gasteiger partial charge on any atom is 0.0594 e. The molecular weight excluding hydrogens is 312 g/mol. The molecule has 0 aromatic heterocycles. The second kappa shape index (κ2) is 8.42. The minimum atomic E-state index is 0.369. The third-order valence-corrected chi connectivity index (χ3v) is 5.14. The van der Waals surface area contributed by atoms with Gasteiger partial charge >= 0.3 is 0 Å². The van der Waals surface area contributed by atoms with E-state index >= 15 is 0 Å². The smallest absolute Gasteiger partial charge is 0.0594 e. The van der Waals surface area contributed by atoms with Gasteiger partial charge in [0, 0.05) is 55.7 Å². The summed E-state index contributed by atoms with van der Waals surface area (Å²) in [7, 11) is 0. The Morgan fingerprint density at radius 3 is 2.70 bits per heavy atom. The average Bonchev–Trinajstić information content (AvgIpc) is 2.99. The van der Waals surface area contributed by atoms with Crippen LogP contribution in [-0.2, 0) is 4.74 Å². The van der Waals surface area contributed by atoms with E-state index < -0.39 is 0 Å². The van der Waals surface area contributed by atoms with Crippen molar-refractivity contribution >= 4 is 11.6 Å². The van der Waals surface area contributed by atoms with Crippen molar-refractivity contribution in [3.8, 4) is 0 Å². The molecule has 3 atom stereocenters. The number of rotatable bonds is 6. The Bertz CT molecular complexity index is 478. The van der Waals surface area contributed by atoms with E-state index in [-0.39, 0.29) is 0 Å². The number of benzene rings is 1. The molecule has 3 N–H and O–H groups in total. The average molecular weight is 339 g/mol. The van der Waals surface area contributed by atoms with E-state index in [1.165, 1.54) is 5.56 Å². The SMILES string of the molecule is CC1NNCC1CNCC(c1ccc(Cl)cc1)N1CCOCC1. The zero-order valence-corrected chi connectivity index (χ0v) is 14.5. The molecule has 2 aliphatic heterocycles. The van der Waals surface area contributed by atoms with E-state index in [4.69, 9.17) is 16.3 Å². The second-order valence-corrected chi connectivity index (χ2v) is 6.88. The van der Waals surface area contributed by atoms with Crippen LogP contribution in [0.3, 0.4) is 0 Å².